The first-order valence-corrected chi connectivity index (χ1v) is 6.77. The maximum absolute atomic E-state index is 10.9. The predicted octanol–water partition coefficient (Wildman–Crippen LogP) is 3.30. The summed E-state index contributed by atoms with van der Waals surface area (Å²) in [7, 11) is 0. The second kappa shape index (κ2) is 5.89. The van der Waals surface area contributed by atoms with Gasteiger partial charge in [-0.3, -0.25) is 4.79 Å². The zero-order valence-corrected chi connectivity index (χ0v) is 10.9. The van der Waals surface area contributed by atoms with Gasteiger partial charge in [-0.15, -0.1) is 0 Å². The van der Waals surface area contributed by atoms with E-state index in [2.05, 4.69) is 36.5 Å². The molecule has 1 saturated carbocycles. The van der Waals surface area contributed by atoms with E-state index in [1.54, 1.807) is 0 Å². The Balaban J connectivity index is 1.85. The van der Waals surface area contributed by atoms with E-state index < -0.39 is 5.97 Å². The maximum Gasteiger partial charge on any atom is 0.306 e. The Morgan fingerprint density at radius 3 is 2.33 bits per heavy atom. The highest BCUT2D eigenvalue weighted by atomic mass is 16.4. The summed E-state index contributed by atoms with van der Waals surface area (Å²) in [4.78, 5) is 10.9. The number of hydrogen-bond acceptors (Lipinski definition) is 2. The third-order valence-corrected chi connectivity index (χ3v) is 3.81. The molecule has 1 aromatic carbocycles. The van der Waals surface area contributed by atoms with E-state index in [0.29, 0.717) is 6.04 Å². The molecule has 1 aliphatic rings. The van der Waals surface area contributed by atoms with Gasteiger partial charge in [0.1, 0.15) is 0 Å². The number of nitrogens with one attached hydrogen (secondary N) is 1. The van der Waals surface area contributed by atoms with Crippen molar-refractivity contribution in [2.24, 2.45) is 5.92 Å². The number of carbonyl (C=O) groups is 1. The summed E-state index contributed by atoms with van der Waals surface area (Å²) in [6, 6.07) is 8.94. The smallest absolute Gasteiger partial charge is 0.306 e. The molecule has 0 bridgehead atoms. The molecule has 0 aliphatic heterocycles. The summed E-state index contributed by atoms with van der Waals surface area (Å²) in [6.45, 7) is 2.15. The first-order valence-electron chi connectivity index (χ1n) is 6.77. The van der Waals surface area contributed by atoms with Crippen LogP contribution in [0.15, 0.2) is 24.3 Å². The van der Waals surface area contributed by atoms with Crippen LogP contribution in [0.5, 0.6) is 0 Å². The van der Waals surface area contributed by atoms with Crippen molar-refractivity contribution < 1.29 is 9.90 Å². The number of carboxylic acid groups (broad SMARTS) is 1. The van der Waals surface area contributed by atoms with Crippen molar-refractivity contribution in [2.75, 3.05) is 5.32 Å². The van der Waals surface area contributed by atoms with E-state index in [1.165, 1.54) is 5.56 Å². The van der Waals surface area contributed by atoms with Gasteiger partial charge in [0.2, 0.25) is 0 Å². The van der Waals surface area contributed by atoms with Gasteiger partial charge in [-0.2, -0.15) is 0 Å². The SMILES string of the molecule is CCc1ccc(NC2CCC(C(=O)O)CC2)cc1. The summed E-state index contributed by atoms with van der Waals surface area (Å²) >= 11 is 0. The summed E-state index contributed by atoms with van der Waals surface area (Å²) in [5.74, 6) is -0.772. The average molecular weight is 247 g/mol. The Morgan fingerprint density at radius 2 is 1.83 bits per heavy atom. The van der Waals surface area contributed by atoms with Crippen molar-refractivity contribution in [3.63, 3.8) is 0 Å². The van der Waals surface area contributed by atoms with Gasteiger partial charge in [0, 0.05) is 11.7 Å². The van der Waals surface area contributed by atoms with Gasteiger partial charge in [-0.25, -0.2) is 0 Å². The van der Waals surface area contributed by atoms with Gasteiger partial charge < -0.3 is 10.4 Å². The number of carboxylic acids is 1. The van der Waals surface area contributed by atoms with Crippen LogP contribution in [-0.2, 0) is 11.2 Å². The largest absolute Gasteiger partial charge is 0.481 e. The van der Waals surface area contributed by atoms with Gasteiger partial charge in [0.25, 0.3) is 0 Å². The molecular formula is C15H21NO2. The van der Waals surface area contributed by atoms with Crippen LogP contribution in [-0.4, -0.2) is 17.1 Å². The molecule has 1 aliphatic carbocycles. The summed E-state index contributed by atoms with van der Waals surface area (Å²) in [6.07, 6.45) is 4.54. The average Bonchev–Trinajstić information content (AvgIpc) is 2.40. The lowest BCUT2D eigenvalue weighted by Crippen LogP contribution is -2.29. The normalized spacial score (nSPS) is 23.6. The van der Waals surface area contributed by atoms with Crippen molar-refractivity contribution in [1.29, 1.82) is 0 Å². The highest BCUT2D eigenvalue weighted by Gasteiger charge is 2.25. The number of benzene rings is 1. The zero-order valence-electron chi connectivity index (χ0n) is 10.9. The standard InChI is InChI=1S/C15H21NO2/c1-2-11-3-7-13(8-4-11)16-14-9-5-12(6-10-14)15(17)18/h3-4,7-8,12,14,16H,2,5-6,9-10H2,1H3,(H,17,18). The molecule has 0 amide bonds. The second-order valence-electron chi connectivity index (χ2n) is 5.08. The molecule has 2 rings (SSSR count). The highest BCUT2D eigenvalue weighted by molar-refractivity contribution is 5.70. The molecule has 0 radical (unpaired) electrons. The Labute approximate surface area is 108 Å². The van der Waals surface area contributed by atoms with E-state index in [9.17, 15) is 4.79 Å². The van der Waals surface area contributed by atoms with Crippen molar-refractivity contribution in [1.82, 2.24) is 0 Å². The Bertz CT molecular complexity index is 391. The quantitative estimate of drug-likeness (QED) is 0.858. The lowest BCUT2D eigenvalue weighted by atomic mass is 9.86. The van der Waals surface area contributed by atoms with Gasteiger partial charge >= 0.3 is 5.97 Å². The second-order valence-corrected chi connectivity index (χ2v) is 5.08. The van der Waals surface area contributed by atoms with Crippen LogP contribution in [0.25, 0.3) is 0 Å². The monoisotopic (exact) mass is 247 g/mol. The molecule has 0 aromatic heterocycles. The predicted molar refractivity (Wildman–Crippen MR) is 72.8 cm³/mol. The Morgan fingerprint density at radius 1 is 1.22 bits per heavy atom. The molecule has 0 spiro atoms. The van der Waals surface area contributed by atoms with Crippen molar-refractivity contribution in [2.45, 2.75) is 45.1 Å². The molecular weight excluding hydrogens is 226 g/mol. The van der Waals surface area contributed by atoms with Gasteiger partial charge in [0.15, 0.2) is 0 Å². The zero-order chi connectivity index (χ0) is 13.0. The van der Waals surface area contributed by atoms with Gasteiger partial charge in [0.05, 0.1) is 5.92 Å². The molecule has 98 valence electrons. The van der Waals surface area contributed by atoms with Crippen LogP contribution in [0, 0.1) is 5.92 Å². The van der Waals surface area contributed by atoms with E-state index in [1.807, 2.05) is 0 Å². The summed E-state index contributed by atoms with van der Waals surface area (Å²) in [5, 5.41) is 12.5. The molecule has 2 N–H and O–H groups in total. The molecule has 3 nitrogen and oxygen atoms in total. The third-order valence-electron chi connectivity index (χ3n) is 3.81. The van der Waals surface area contributed by atoms with Crippen molar-refractivity contribution in [3.05, 3.63) is 29.8 Å². The van der Waals surface area contributed by atoms with Crippen LogP contribution in [0.1, 0.15) is 38.2 Å². The lowest BCUT2D eigenvalue weighted by molar-refractivity contribution is -0.142. The minimum atomic E-state index is -0.638. The highest BCUT2D eigenvalue weighted by Crippen LogP contribution is 2.26. The van der Waals surface area contributed by atoms with Crippen LogP contribution < -0.4 is 5.32 Å². The van der Waals surface area contributed by atoms with Crippen LogP contribution >= 0.6 is 0 Å². The number of aryl methyl sites for hydroxylation is 1. The maximum atomic E-state index is 10.9. The van der Waals surface area contributed by atoms with Crippen LogP contribution in [0.4, 0.5) is 5.69 Å². The first kappa shape index (κ1) is 12.9. The molecule has 0 saturated heterocycles. The number of rotatable bonds is 4. The number of hydrogen-bond donors (Lipinski definition) is 2. The van der Waals surface area contributed by atoms with Crippen molar-refractivity contribution >= 4 is 11.7 Å². The molecule has 3 heteroatoms. The first-order chi connectivity index (χ1) is 8.69. The lowest BCUT2D eigenvalue weighted by Gasteiger charge is -2.27. The minimum Gasteiger partial charge on any atom is -0.481 e. The van der Waals surface area contributed by atoms with E-state index >= 15 is 0 Å². The Kier molecular flexibility index (Phi) is 4.24. The Hall–Kier alpha value is -1.51. The van der Waals surface area contributed by atoms with Crippen molar-refractivity contribution in [3.8, 4) is 0 Å². The molecule has 1 fully saturated rings. The van der Waals surface area contributed by atoms with Gasteiger partial charge in [-0.05, 0) is 49.8 Å². The molecule has 0 unspecified atom stereocenters. The topological polar surface area (TPSA) is 49.3 Å². The molecule has 0 atom stereocenters. The van der Waals surface area contributed by atoms with Crippen LogP contribution in [0.2, 0.25) is 0 Å². The number of anilines is 1. The fourth-order valence-electron chi connectivity index (χ4n) is 2.56. The fourth-order valence-corrected chi connectivity index (χ4v) is 2.56. The summed E-state index contributed by atoms with van der Waals surface area (Å²) < 4.78 is 0. The summed E-state index contributed by atoms with van der Waals surface area (Å²) in [5.41, 5.74) is 2.49. The van der Waals surface area contributed by atoms with E-state index in [-0.39, 0.29) is 5.92 Å². The molecule has 0 heterocycles. The number of aliphatic carboxylic acids is 1. The third kappa shape index (κ3) is 3.25. The minimum absolute atomic E-state index is 0.134. The van der Waals surface area contributed by atoms with Crippen LogP contribution in [0.3, 0.4) is 0 Å². The fraction of sp³-hybridized carbons (Fsp3) is 0.533. The van der Waals surface area contributed by atoms with E-state index in [4.69, 9.17) is 5.11 Å². The molecule has 18 heavy (non-hydrogen) atoms. The molecule has 1 aromatic rings. The van der Waals surface area contributed by atoms with Gasteiger partial charge in [-0.1, -0.05) is 19.1 Å². The van der Waals surface area contributed by atoms with E-state index in [0.717, 1.165) is 37.8 Å².